The number of hydrogen-bond acceptors (Lipinski definition) is 7. The normalized spacial score (nSPS) is 21.1. The van der Waals surface area contributed by atoms with Crippen molar-refractivity contribution in [1.29, 1.82) is 0 Å². The molecule has 180 valence electrons. The fraction of sp³-hybridized carbons (Fsp3) is 0.269. The monoisotopic (exact) mass is 494 g/mol. The fourth-order valence-corrected chi connectivity index (χ4v) is 5.18. The van der Waals surface area contributed by atoms with Crippen molar-refractivity contribution in [3.63, 3.8) is 0 Å². The van der Waals surface area contributed by atoms with Crippen molar-refractivity contribution in [3.05, 3.63) is 68.6 Å². The quantitative estimate of drug-likeness (QED) is 0.517. The lowest BCUT2D eigenvalue weighted by Gasteiger charge is -2.35. The maximum absolute atomic E-state index is 13.6. The number of carbonyl (C=O) groups is 2. The zero-order chi connectivity index (χ0) is 25.1. The number of ether oxygens (including phenoxy) is 3. The summed E-state index contributed by atoms with van der Waals surface area (Å²) >= 11 is 6.43. The Morgan fingerprint density at radius 1 is 1.11 bits per heavy atom. The molecule has 0 saturated carbocycles. The summed E-state index contributed by atoms with van der Waals surface area (Å²) in [6.07, 6.45) is 1.76. The molecule has 2 heterocycles. The number of H-pyrrole nitrogens is 1. The van der Waals surface area contributed by atoms with E-state index in [-0.39, 0.29) is 33.4 Å². The molecule has 0 bridgehead atoms. The van der Waals surface area contributed by atoms with Gasteiger partial charge in [-0.1, -0.05) is 24.6 Å². The third-order valence-electron chi connectivity index (χ3n) is 6.66. The lowest BCUT2D eigenvalue weighted by Crippen LogP contribution is -2.55. The molecule has 9 heteroatoms. The van der Waals surface area contributed by atoms with Gasteiger partial charge in [0.25, 0.3) is 0 Å². The highest BCUT2D eigenvalue weighted by Gasteiger charge is 2.60. The minimum atomic E-state index is -1.73. The molecule has 8 nitrogen and oxygen atoms in total. The van der Waals surface area contributed by atoms with Crippen LogP contribution >= 0.6 is 11.6 Å². The van der Waals surface area contributed by atoms with Crippen LogP contribution in [0.25, 0.3) is 10.9 Å². The van der Waals surface area contributed by atoms with Gasteiger partial charge >= 0.3 is 0 Å². The number of aromatic nitrogens is 1. The Bertz CT molecular complexity index is 1510. The number of aromatic amines is 1. The molecular weight excluding hydrogens is 472 g/mol. The molecule has 0 unspecified atom stereocenters. The highest BCUT2D eigenvalue weighted by atomic mass is 35.5. The molecule has 0 amide bonds. The predicted octanol–water partition coefficient (Wildman–Crippen LogP) is 4.43. The van der Waals surface area contributed by atoms with Gasteiger partial charge in [0.15, 0.2) is 5.75 Å². The van der Waals surface area contributed by atoms with Gasteiger partial charge in [-0.2, -0.15) is 0 Å². The van der Waals surface area contributed by atoms with E-state index in [4.69, 9.17) is 25.8 Å². The van der Waals surface area contributed by atoms with Gasteiger partial charge < -0.3 is 24.5 Å². The highest BCUT2D eigenvalue weighted by molar-refractivity contribution is 6.36. The molecule has 3 aromatic rings. The number of Topliss-reactive ketones (excluding diaryl/α,β-unsaturated/α-hetero) is 1. The first-order valence-corrected chi connectivity index (χ1v) is 11.4. The zero-order valence-electron chi connectivity index (χ0n) is 19.6. The van der Waals surface area contributed by atoms with Crippen molar-refractivity contribution in [2.24, 2.45) is 5.92 Å². The van der Waals surface area contributed by atoms with Gasteiger partial charge in [0.1, 0.15) is 22.1 Å². The van der Waals surface area contributed by atoms with Crippen molar-refractivity contribution >= 4 is 39.8 Å². The molecule has 35 heavy (non-hydrogen) atoms. The summed E-state index contributed by atoms with van der Waals surface area (Å²) in [7, 11) is 2.87. The number of carbonyl (C=O) groups excluding carboxylic acids is 2. The number of benzene rings is 2. The molecule has 2 aliphatic rings. The number of nitrogens with one attached hydrogen (secondary N) is 2. The Morgan fingerprint density at radius 2 is 1.86 bits per heavy atom. The first-order chi connectivity index (χ1) is 16.7. The van der Waals surface area contributed by atoms with Crippen molar-refractivity contribution in [2.75, 3.05) is 19.5 Å². The number of pyridine rings is 1. The van der Waals surface area contributed by atoms with Gasteiger partial charge in [-0.3, -0.25) is 14.4 Å². The van der Waals surface area contributed by atoms with Gasteiger partial charge in [-0.25, -0.2) is 0 Å². The molecule has 1 spiro atoms. The van der Waals surface area contributed by atoms with E-state index in [9.17, 15) is 14.4 Å². The summed E-state index contributed by atoms with van der Waals surface area (Å²) in [4.78, 5) is 41.7. The molecule has 2 aromatic carbocycles. The maximum Gasteiger partial charge on any atom is 0.248 e. The van der Waals surface area contributed by atoms with Crippen molar-refractivity contribution in [3.8, 4) is 17.2 Å². The van der Waals surface area contributed by atoms with Crippen LogP contribution < -0.4 is 25.1 Å². The molecular formula is C26H23ClN2O6. The number of fused-ring (bicyclic) bond motifs is 2. The van der Waals surface area contributed by atoms with Crippen LogP contribution in [-0.4, -0.2) is 36.4 Å². The SMILES string of the molecule is COc1cc(OC)c2c(c1Cl)O[C@@]1(C(=O)C=C(Nc3ccc4c(C)cc(=O)[nH]c4c3)C[C@H]1C)C2=O. The Labute approximate surface area is 205 Å². The van der Waals surface area contributed by atoms with Crippen LogP contribution in [0.5, 0.6) is 17.2 Å². The van der Waals surface area contributed by atoms with Crippen LogP contribution in [0.4, 0.5) is 5.69 Å². The smallest absolute Gasteiger partial charge is 0.248 e. The molecule has 0 fully saturated rings. The van der Waals surface area contributed by atoms with E-state index in [1.807, 2.05) is 25.1 Å². The van der Waals surface area contributed by atoms with Gasteiger partial charge in [0.05, 0.1) is 19.7 Å². The average molecular weight is 495 g/mol. The van der Waals surface area contributed by atoms with E-state index in [1.54, 1.807) is 13.0 Å². The van der Waals surface area contributed by atoms with E-state index in [1.165, 1.54) is 26.4 Å². The second-order valence-electron chi connectivity index (χ2n) is 8.81. The summed E-state index contributed by atoms with van der Waals surface area (Å²) in [6, 6.07) is 8.65. The molecule has 5 rings (SSSR count). The highest BCUT2D eigenvalue weighted by Crippen LogP contribution is 2.53. The topological polar surface area (TPSA) is 107 Å². The number of rotatable bonds is 4. The second kappa shape index (κ2) is 8.16. The lowest BCUT2D eigenvalue weighted by molar-refractivity contribution is -0.129. The second-order valence-corrected chi connectivity index (χ2v) is 9.18. The van der Waals surface area contributed by atoms with Crippen molar-refractivity contribution in [1.82, 2.24) is 4.98 Å². The number of halogens is 1. The van der Waals surface area contributed by atoms with Crippen molar-refractivity contribution in [2.45, 2.75) is 25.9 Å². The Balaban J connectivity index is 1.50. The maximum atomic E-state index is 13.6. The standard InChI is InChI=1S/C26H23ClN2O6/c1-12-7-21(31)29-17-9-14(5-6-16(12)17)28-15-8-13(2)26(20(30)10-15)25(32)22-18(33-3)11-19(34-4)23(27)24(22)35-26/h5-7,9-11,13,28H,8H2,1-4H3,(H,29,31)/t13-,26+/m1/s1. The van der Waals surface area contributed by atoms with Crippen LogP contribution in [0, 0.1) is 12.8 Å². The van der Waals surface area contributed by atoms with E-state index >= 15 is 0 Å². The third-order valence-corrected chi connectivity index (χ3v) is 7.02. The summed E-state index contributed by atoms with van der Waals surface area (Å²) in [5, 5.41) is 4.29. The summed E-state index contributed by atoms with van der Waals surface area (Å²) in [5.74, 6) is -0.868. The average Bonchev–Trinajstić information content (AvgIpc) is 3.12. The number of hydrogen-bond donors (Lipinski definition) is 2. The summed E-state index contributed by atoms with van der Waals surface area (Å²) in [5.41, 5.74) is 1.12. The first kappa shape index (κ1) is 23.0. The molecule has 1 aliphatic carbocycles. The zero-order valence-corrected chi connectivity index (χ0v) is 20.3. The van der Waals surface area contributed by atoms with Crippen molar-refractivity contribution < 1.29 is 23.8 Å². The minimum Gasteiger partial charge on any atom is -0.496 e. The van der Waals surface area contributed by atoms with Gasteiger partial charge in [-0.05, 0) is 31.0 Å². The van der Waals surface area contributed by atoms with E-state index in [0.29, 0.717) is 23.3 Å². The van der Waals surface area contributed by atoms with Crippen LogP contribution in [-0.2, 0) is 4.79 Å². The minimum absolute atomic E-state index is 0.0896. The van der Waals surface area contributed by atoms with Crippen LogP contribution in [0.2, 0.25) is 5.02 Å². The van der Waals surface area contributed by atoms with E-state index < -0.39 is 23.1 Å². The number of allylic oxidation sites excluding steroid dienone is 1. The van der Waals surface area contributed by atoms with E-state index in [0.717, 1.165) is 10.9 Å². The molecule has 1 aliphatic heterocycles. The summed E-state index contributed by atoms with van der Waals surface area (Å²) < 4.78 is 16.7. The fourth-order valence-electron chi connectivity index (χ4n) is 4.91. The number of aryl methyl sites for hydroxylation is 1. The summed E-state index contributed by atoms with van der Waals surface area (Å²) in [6.45, 7) is 3.66. The number of anilines is 1. The number of ketones is 2. The Morgan fingerprint density at radius 3 is 2.54 bits per heavy atom. The Kier molecular flexibility index (Phi) is 5.36. The molecule has 0 radical (unpaired) electrons. The molecule has 2 atom stereocenters. The van der Waals surface area contributed by atoms with Crippen LogP contribution in [0.1, 0.15) is 29.3 Å². The molecule has 2 N–H and O–H groups in total. The Hall–Kier alpha value is -3.78. The van der Waals surface area contributed by atoms with E-state index in [2.05, 4.69) is 10.3 Å². The van der Waals surface area contributed by atoms with Gasteiger partial charge in [0.2, 0.25) is 22.7 Å². The van der Waals surface area contributed by atoms with Gasteiger partial charge in [-0.15, -0.1) is 0 Å². The van der Waals surface area contributed by atoms with Crippen LogP contribution in [0.15, 0.2) is 46.9 Å². The van der Waals surface area contributed by atoms with Crippen LogP contribution in [0.3, 0.4) is 0 Å². The molecule has 0 saturated heterocycles. The largest absolute Gasteiger partial charge is 0.496 e. The molecule has 1 aromatic heterocycles. The van der Waals surface area contributed by atoms with Gasteiger partial charge in [0, 0.05) is 40.9 Å². The third kappa shape index (κ3) is 3.39. The predicted molar refractivity (Wildman–Crippen MR) is 132 cm³/mol. The number of methoxy groups -OCH3 is 2. The first-order valence-electron chi connectivity index (χ1n) is 11.0. The lowest BCUT2D eigenvalue weighted by atomic mass is 9.74.